The van der Waals surface area contributed by atoms with Crippen molar-refractivity contribution in [1.82, 2.24) is 5.32 Å². The second-order valence-electron chi connectivity index (χ2n) is 7.13. The van der Waals surface area contributed by atoms with Crippen LogP contribution in [-0.4, -0.2) is 30.3 Å². The minimum atomic E-state index is -1.08. The molecule has 3 aromatic rings. The second kappa shape index (κ2) is 8.64. The van der Waals surface area contributed by atoms with Crippen molar-refractivity contribution in [3.05, 3.63) is 89.0 Å². The van der Waals surface area contributed by atoms with Crippen molar-refractivity contribution in [3.8, 4) is 23.0 Å². The van der Waals surface area contributed by atoms with E-state index in [9.17, 15) is 9.59 Å². The monoisotopic (exact) mass is 412 g/mol. The molecule has 0 radical (unpaired) electrons. The van der Waals surface area contributed by atoms with E-state index in [1.165, 1.54) is 23.3 Å². The third-order valence-electron chi connectivity index (χ3n) is 5.10. The molecule has 0 bridgehead atoms. The molecule has 0 fully saturated rings. The van der Waals surface area contributed by atoms with E-state index >= 15 is 0 Å². The summed E-state index contributed by atoms with van der Waals surface area (Å²) in [6.45, 7) is 0.290. The summed E-state index contributed by atoms with van der Waals surface area (Å²) >= 11 is 0. The number of carbonyl (C=O) groups excluding carboxylic acids is 1. The van der Waals surface area contributed by atoms with Gasteiger partial charge in [0.2, 0.25) is 0 Å². The van der Waals surface area contributed by atoms with Crippen LogP contribution in [-0.2, 0) is 4.74 Å². The number of aromatic carboxylic acids is 1. The predicted octanol–water partition coefficient (Wildman–Crippen LogP) is 3.86. The lowest BCUT2D eigenvalue weighted by atomic mass is 9.98. The van der Waals surface area contributed by atoms with Gasteiger partial charge in [-0.2, -0.15) is 0 Å². The molecule has 0 aliphatic heterocycles. The molecule has 0 aromatic heterocycles. The molecule has 0 unspecified atom stereocenters. The van der Waals surface area contributed by atoms with Crippen LogP contribution in [0.15, 0.2) is 66.7 Å². The summed E-state index contributed by atoms with van der Waals surface area (Å²) in [4.78, 5) is 23.2. The minimum absolute atomic E-state index is 0.00836. The van der Waals surface area contributed by atoms with Gasteiger partial charge in [0.05, 0.1) is 12.1 Å². The van der Waals surface area contributed by atoms with Gasteiger partial charge in [0, 0.05) is 17.2 Å². The molecule has 0 saturated carbocycles. The fraction of sp³-hybridized carbons (Fsp3) is 0.120. The van der Waals surface area contributed by atoms with Gasteiger partial charge in [-0.05, 0) is 40.5 Å². The summed E-state index contributed by atoms with van der Waals surface area (Å²) in [5, 5.41) is 11.7. The van der Waals surface area contributed by atoms with Crippen molar-refractivity contribution < 1.29 is 19.4 Å². The highest BCUT2D eigenvalue weighted by molar-refractivity contribution is 5.89. The van der Waals surface area contributed by atoms with Gasteiger partial charge in [0.15, 0.2) is 0 Å². The van der Waals surface area contributed by atoms with Crippen LogP contribution >= 0.6 is 0 Å². The van der Waals surface area contributed by atoms with Gasteiger partial charge in [-0.1, -0.05) is 60.4 Å². The largest absolute Gasteiger partial charge is 0.478 e. The number of hydrogen-bond donors (Lipinski definition) is 3. The molecular weight excluding hydrogens is 392 g/mol. The smallest absolute Gasteiger partial charge is 0.407 e. The van der Waals surface area contributed by atoms with Gasteiger partial charge >= 0.3 is 12.1 Å². The van der Waals surface area contributed by atoms with Crippen molar-refractivity contribution >= 4 is 17.7 Å². The van der Waals surface area contributed by atoms with Crippen molar-refractivity contribution in [2.45, 2.75) is 5.92 Å². The second-order valence-corrected chi connectivity index (χ2v) is 7.13. The van der Waals surface area contributed by atoms with E-state index in [0.717, 1.165) is 11.1 Å². The zero-order chi connectivity index (χ0) is 21.8. The van der Waals surface area contributed by atoms with Crippen molar-refractivity contribution in [3.63, 3.8) is 0 Å². The Hall–Kier alpha value is -4.24. The number of carboxylic acids is 1. The maximum absolute atomic E-state index is 12.1. The number of nitrogen functional groups attached to an aromatic ring is 1. The van der Waals surface area contributed by atoms with Crippen LogP contribution < -0.4 is 11.1 Å². The molecule has 6 heteroatoms. The first-order valence-electron chi connectivity index (χ1n) is 9.74. The fourth-order valence-electron chi connectivity index (χ4n) is 3.76. The van der Waals surface area contributed by atoms with Crippen LogP contribution in [0.4, 0.5) is 10.5 Å². The highest BCUT2D eigenvalue weighted by atomic mass is 16.5. The number of alkyl carbamates (subject to hydrolysis) is 1. The molecule has 1 aliphatic rings. The number of nitrogens with two attached hydrogens (primary N) is 1. The van der Waals surface area contributed by atoms with Crippen molar-refractivity contribution in [2.75, 3.05) is 18.9 Å². The van der Waals surface area contributed by atoms with E-state index < -0.39 is 12.1 Å². The average Bonchev–Trinajstić information content (AvgIpc) is 3.09. The normalized spacial score (nSPS) is 11.6. The zero-order valence-corrected chi connectivity index (χ0v) is 16.6. The number of anilines is 1. The highest BCUT2D eigenvalue weighted by Gasteiger charge is 2.28. The number of benzene rings is 3. The summed E-state index contributed by atoms with van der Waals surface area (Å²) < 4.78 is 5.45. The van der Waals surface area contributed by atoms with Gasteiger partial charge in [-0.3, -0.25) is 0 Å². The Morgan fingerprint density at radius 1 is 1.00 bits per heavy atom. The summed E-state index contributed by atoms with van der Waals surface area (Å²) in [6, 6.07) is 20.6. The summed E-state index contributed by atoms with van der Waals surface area (Å²) in [6.07, 6.45) is -0.560. The Bertz CT molecular complexity index is 1180. The van der Waals surface area contributed by atoms with Crippen molar-refractivity contribution in [2.24, 2.45) is 0 Å². The van der Waals surface area contributed by atoms with Crippen LogP contribution in [0, 0.1) is 11.8 Å². The van der Waals surface area contributed by atoms with Gasteiger partial charge in [-0.15, -0.1) is 0 Å². The van der Waals surface area contributed by atoms with Crippen LogP contribution in [0.2, 0.25) is 0 Å². The summed E-state index contributed by atoms with van der Waals surface area (Å²) in [5.41, 5.74) is 11.2. The maximum Gasteiger partial charge on any atom is 0.407 e. The van der Waals surface area contributed by atoms with Gasteiger partial charge in [0.25, 0.3) is 0 Å². The first kappa shape index (κ1) is 20.0. The minimum Gasteiger partial charge on any atom is -0.478 e. The molecule has 0 saturated heterocycles. The van der Waals surface area contributed by atoms with E-state index in [4.69, 9.17) is 15.6 Å². The predicted molar refractivity (Wildman–Crippen MR) is 118 cm³/mol. The average molecular weight is 412 g/mol. The topological polar surface area (TPSA) is 102 Å². The fourth-order valence-corrected chi connectivity index (χ4v) is 3.76. The quantitative estimate of drug-likeness (QED) is 0.446. The number of nitrogens with one attached hydrogen (secondary N) is 1. The van der Waals surface area contributed by atoms with E-state index in [2.05, 4.69) is 41.4 Å². The molecule has 1 amide bonds. The lowest BCUT2D eigenvalue weighted by Crippen LogP contribution is -2.26. The molecule has 0 atom stereocenters. The maximum atomic E-state index is 12.1. The van der Waals surface area contributed by atoms with Gasteiger partial charge < -0.3 is 20.9 Å². The molecule has 31 heavy (non-hydrogen) atoms. The lowest BCUT2D eigenvalue weighted by Gasteiger charge is -2.14. The molecule has 0 spiro atoms. The third-order valence-corrected chi connectivity index (χ3v) is 5.10. The Labute approximate surface area is 179 Å². The van der Waals surface area contributed by atoms with E-state index in [1.807, 2.05) is 24.3 Å². The number of ether oxygens (including phenoxy) is 1. The van der Waals surface area contributed by atoms with E-state index in [1.54, 1.807) is 6.07 Å². The molecule has 1 aliphatic carbocycles. The number of amides is 1. The molecular formula is C25H20N2O4. The molecule has 0 heterocycles. The number of carbonyl (C=O) groups is 2. The molecule has 4 rings (SSSR count). The molecule has 4 N–H and O–H groups in total. The van der Waals surface area contributed by atoms with Crippen LogP contribution in [0.5, 0.6) is 0 Å². The lowest BCUT2D eigenvalue weighted by molar-refractivity contribution is 0.0696. The van der Waals surface area contributed by atoms with Crippen LogP contribution in [0.3, 0.4) is 0 Å². The molecule has 3 aromatic carbocycles. The summed E-state index contributed by atoms with van der Waals surface area (Å²) in [7, 11) is 0. The number of fused-ring (bicyclic) bond motifs is 3. The third kappa shape index (κ3) is 4.36. The number of rotatable bonds is 4. The van der Waals surface area contributed by atoms with Gasteiger partial charge in [-0.25, -0.2) is 9.59 Å². The first-order chi connectivity index (χ1) is 15.0. The molecule has 154 valence electrons. The summed E-state index contributed by atoms with van der Waals surface area (Å²) in [5.74, 6) is 4.49. The molecule has 6 nitrogen and oxygen atoms in total. The number of hydrogen-bond acceptors (Lipinski definition) is 4. The highest BCUT2D eigenvalue weighted by Crippen LogP contribution is 2.44. The van der Waals surface area contributed by atoms with Crippen LogP contribution in [0.25, 0.3) is 11.1 Å². The van der Waals surface area contributed by atoms with Crippen LogP contribution in [0.1, 0.15) is 33.0 Å². The van der Waals surface area contributed by atoms with Crippen molar-refractivity contribution in [1.29, 1.82) is 0 Å². The van der Waals surface area contributed by atoms with E-state index in [0.29, 0.717) is 11.3 Å². The Kier molecular flexibility index (Phi) is 5.59. The van der Waals surface area contributed by atoms with E-state index in [-0.39, 0.29) is 24.6 Å². The van der Waals surface area contributed by atoms with Gasteiger partial charge in [0.1, 0.15) is 6.61 Å². The first-order valence-corrected chi connectivity index (χ1v) is 9.74. The Morgan fingerprint density at radius 3 is 2.29 bits per heavy atom. The SMILES string of the molecule is Nc1cc(C#CCNC(=O)OCC2c3ccccc3-c3ccccc32)cc(C(=O)O)c1. The number of carboxylic acid groups (broad SMARTS) is 1. The Balaban J connectivity index is 1.35. The zero-order valence-electron chi connectivity index (χ0n) is 16.6. The standard InChI is InChI=1S/C25H20N2O4/c26-18-13-16(12-17(14-18)24(28)29)6-5-11-27-25(30)31-15-23-21-9-3-1-7-19(21)20-8-2-4-10-22(20)23/h1-4,7-10,12-14,23H,11,15,26H2,(H,27,30)(H,28,29). The Morgan fingerprint density at radius 2 is 1.65 bits per heavy atom.